The lowest BCUT2D eigenvalue weighted by Gasteiger charge is -2.14. The van der Waals surface area contributed by atoms with Gasteiger partial charge < -0.3 is 18.9 Å². The van der Waals surface area contributed by atoms with Gasteiger partial charge in [-0.1, -0.05) is 0 Å². The summed E-state index contributed by atoms with van der Waals surface area (Å²) in [5.41, 5.74) is 1.67. The number of hydrogen-bond acceptors (Lipinski definition) is 6. The molecule has 0 unspecified atom stereocenters. The minimum absolute atomic E-state index is 0.377. The van der Waals surface area contributed by atoms with Gasteiger partial charge in [0, 0.05) is 17.1 Å². The van der Waals surface area contributed by atoms with E-state index in [2.05, 4.69) is 4.98 Å². The summed E-state index contributed by atoms with van der Waals surface area (Å²) in [6.45, 7) is 0. The first-order valence-electron chi connectivity index (χ1n) is 7.90. The number of rotatable bonds is 5. The van der Waals surface area contributed by atoms with Gasteiger partial charge in [0.1, 0.15) is 5.75 Å². The van der Waals surface area contributed by atoms with E-state index in [1.54, 1.807) is 45.7 Å². The van der Waals surface area contributed by atoms with E-state index in [9.17, 15) is 4.79 Å². The monoisotopic (exact) mass is 353 g/mol. The number of pyridine rings is 1. The SMILES string of the molecule is COC(=O)c1cc(OC)ccc1-c1nccc2cc(OC)c(OC)cc12. The van der Waals surface area contributed by atoms with Crippen molar-refractivity contribution in [3.63, 3.8) is 0 Å². The van der Waals surface area contributed by atoms with Gasteiger partial charge in [0.2, 0.25) is 0 Å². The molecule has 0 radical (unpaired) electrons. The fraction of sp³-hybridized carbons (Fsp3) is 0.200. The van der Waals surface area contributed by atoms with Crippen LogP contribution in [0.1, 0.15) is 10.4 Å². The molecule has 0 aliphatic rings. The number of methoxy groups -OCH3 is 4. The maximum atomic E-state index is 12.3. The van der Waals surface area contributed by atoms with Crippen LogP contribution in [0.5, 0.6) is 17.2 Å². The number of carbonyl (C=O) groups excluding carboxylic acids is 1. The zero-order valence-corrected chi connectivity index (χ0v) is 15.0. The third-order valence-electron chi connectivity index (χ3n) is 4.16. The normalized spacial score (nSPS) is 10.5. The second-order valence-electron chi connectivity index (χ2n) is 5.49. The van der Waals surface area contributed by atoms with Crippen LogP contribution in [0.4, 0.5) is 0 Å². The smallest absolute Gasteiger partial charge is 0.338 e. The van der Waals surface area contributed by atoms with Crippen molar-refractivity contribution in [1.82, 2.24) is 4.98 Å². The average Bonchev–Trinajstić information content (AvgIpc) is 2.71. The van der Waals surface area contributed by atoms with E-state index >= 15 is 0 Å². The van der Waals surface area contributed by atoms with Crippen LogP contribution in [0.25, 0.3) is 22.0 Å². The lowest BCUT2D eigenvalue weighted by molar-refractivity contribution is 0.0601. The molecule has 0 bridgehead atoms. The Morgan fingerprint density at radius 2 is 1.62 bits per heavy atom. The first-order valence-corrected chi connectivity index (χ1v) is 7.90. The quantitative estimate of drug-likeness (QED) is 0.652. The summed E-state index contributed by atoms with van der Waals surface area (Å²) in [5.74, 6) is 1.31. The van der Waals surface area contributed by atoms with Crippen LogP contribution in [0.3, 0.4) is 0 Å². The molecule has 2 aromatic carbocycles. The average molecular weight is 353 g/mol. The molecule has 1 heterocycles. The minimum Gasteiger partial charge on any atom is -0.497 e. The van der Waals surface area contributed by atoms with Gasteiger partial charge in [-0.3, -0.25) is 4.98 Å². The van der Waals surface area contributed by atoms with Gasteiger partial charge in [0.25, 0.3) is 0 Å². The van der Waals surface area contributed by atoms with Gasteiger partial charge in [0.15, 0.2) is 11.5 Å². The molecule has 3 aromatic rings. The van der Waals surface area contributed by atoms with E-state index < -0.39 is 5.97 Å². The van der Waals surface area contributed by atoms with Gasteiger partial charge in [-0.2, -0.15) is 0 Å². The van der Waals surface area contributed by atoms with Crippen molar-refractivity contribution < 1.29 is 23.7 Å². The molecule has 0 fully saturated rings. The summed E-state index contributed by atoms with van der Waals surface area (Å²) in [6.07, 6.45) is 1.69. The Labute approximate surface area is 151 Å². The number of aromatic nitrogens is 1. The molecule has 0 aliphatic heterocycles. The van der Waals surface area contributed by atoms with Crippen LogP contribution >= 0.6 is 0 Å². The number of hydrogen-bond donors (Lipinski definition) is 0. The molecular formula is C20H19NO5. The molecule has 6 nitrogen and oxygen atoms in total. The van der Waals surface area contributed by atoms with Gasteiger partial charge in [-0.15, -0.1) is 0 Å². The molecule has 1 aromatic heterocycles. The van der Waals surface area contributed by atoms with Crippen molar-refractivity contribution in [2.75, 3.05) is 28.4 Å². The summed E-state index contributed by atoms with van der Waals surface area (Å²) in [4.78, 5) is 16.8. The lowest BCUT2D eigenvalue weighted by Crippen LogP contribution is -2.05. The number of benzene rings is 2. The van der Waals surface area contributed by atoms with E-state index in [0.29, 0.717) is 34.1 Å². The summed E-state index contributed by atoms with van der Waals surface area (Å²) < 4.78 is 20.9. The fourth-order valence-electron chi connectivity index (χ4n) is 2.85. The van der Waals surface area contributed by atoms with Crippen molar-refractivity contribution in [1.29, 1.82) is 0 Å². The van der Waals surface area contributed by atoms with Gasteiger partial charge >= 0.3 is 5.97 Å². The maximum absolute atomic E-state index is 12.3. The van der Waals surface area contributed by atoms with E-state index in [0.717, 1.165) is 10.8 Å². The van der Waals surface area contributed by atoms with E-state index in [-0.39, 0.29) is 0 Å². The van der Waals surface area contributed by atoms with Crippen LogP contribution in [0.2, 0.25) is 0 Å². The first kappa shape index (κ1) is 17.5. The number of fused-ring (bicyclic) bond motifs is 1. The first-order chi connectivity index (χ1) is 12.6. The standard InChI is InChI=1S/C20H19NO5/c1-23-13-5-6-14(16(10-13)20(22)26-4)19-15-11-18(25-3)17(24-2)9-12(15)7-8-21-19/h5-11H,1-4H3. The molecule has 3 rings (SSSR count). The van der Waals surface area contributed by atoms with Gasteiger partial charge in [-0.05, 0) is 41.8 Å². The van der Waals surface area contributed by atoms with Crippen LogP contribution in [0.15, 0.2) is 42.6 Å². The molecule has 0 amide bonds. The highest BCUT2D eigenvalue weighted by atomic mass is 16.5. The Morgan fingerprint density at radius 3 is 2.27 bits per heavy atom. The Bertz CT molecular complexity index is 968. The van der Waals surface area contributed by atoms with Crippen LogP contribution in [0, 0.1) is 0 Å². The lowest BCUT2D eigenvalue weighted by atomic mass is 9.98. The Balaban J connectivity index is 2.30. The summed E-state index contributed by atoms with van der Waals surface area (Å²) in [6, 6.07) is 10.8. The van der Waals surface area contributed by atoms with Crippen molar-refractivity contribution in [3.8, 4) is 28.5 Å². The molecular weight excluding hydrogens is 334 g/mol. The predicted octanol–water partition coefficient (Wildman–Crippen LogP) is 3.71. The maximum Gasteiger partial charge on any atom is 0.338 e. The van der Waals surface area contributed by atoms with E-state index in [1.165, 1.54) is 7.11 Å². The summed E-state index contributed by atoms with van der Waals surface area (Å²) >= 11 is 0. The van der Waals surface area contributed by atoms with Crippen molar-refractivity contribution in [2.24, 2.45) is 0 Å². The zero-order valence-electron chi connectivity index (χ0n) is 15.0. The van der Waals surface area contributed by atoms with Crippen LogP contribution in [-0.4, -0.2) is 39.4 Å². The molecule has 0 saturated heterocycles. The number of nitrogens with zero attached hydrogens (tertiary/aromatic N) is 1. The highest BCUT2D eigenvalue weighted by Crippen LogP contribution is 2.37. The summed E-state index contributed by atoms with van der Waals surface area (Å²) in [7, 11) is 6.05. The van der Waals surface area contributed by atoms with E-state index in [1.807, 2.05) is 18.2 Å². The molecule has 0 saturated carbocycles. The third-order valence-corrected chi connectivity index (χ3v) is 4.16. The van der Waals surface area contributed by atoms with Crippen molar-refractivity contribution in [2.45, 2.75) is 0 Å². The number of ether oxygens (including phenoxy) is 4. The zero-order chi connectivity index (χ0) is 18.7. The molecule has 26 heavy (non-hydrogen) atoms. The third kappa shape index (κ3) is 3.01. The number of esters is 1. The Morgan fingerprint density at radius 1 is 0.885 bits per heavy atom. The predicted molar refractivity (Wildman–Crippen MR) is 98.2 cm³/mol. The highest BCUT2D eigenvalue weighted by molar-refractivity contribution is 6.03. The van der Waals surface area contributed by atoms with Crippen LogP contribution < -0.4 is 14.2 Å². The number of carbonyl (C=O) groups is 1. The molecule has 6 heteroatoms. The fourth-order valence-corrected chi connectivity index (χ4v) is 2.85. The molecule has 134 valence electrons. The molecule has 0 spiro atoms. The molecule has 0 N–H and O–H groups in total. The van der Waals surface area contributed by atoms with Crippen LogP contribution in [-0.2, 0) is 4.74 Å². The van der Waals surface area contributed by atoms with Gasteiger partial charge in [0.05, 0.1) is 39.7 Å². The van der Waals surface area contributed by atoms with Crippen molar-refractivity contribution in [3.05, 3.63) is 48.2 Å². The van der Waals surface area contributed by atoms with E-state index in [4.69, 9.17) is 18.9 Å². The second kappa shape index (κ2) is 7.31. The Hall–Kier alpha value is -3.28. The molecule has 0 aliphatic carbocycles. The van der Waals surface area contributed by atoms with Crippen molar-refractivity contribution >= 4 is 16.7 Å². The largest absolute Gasteiger partial charge is 0.497 e. The second-order valence-corrected chi connectivity index (χ2v) is 5.49. The van der Waals surface area contributed by atoms with Gasteiger partial charge in [-0.25, -0.2) is 4.79 Å². The Kier molecular flexibility index (Phi) is 4.93. The highest BCUT2D eigenvalue weighted by Gasteiger charge is 2.18. The topological polar surface area (TPSA) is 66.9 Å². The minimum atomic E-state index is -0.460. The molecule has 0 atom stereocenters. The summed E-state index contributed by atoms with van der Waals surface area (Å²) in [5, 5.41) is 1.75.